The molecule has 2 atom stereocenters. The van der Waals surface area contributed by atoms with E-state index in [1.165, 1.54) is 0 Å². The molecule has 28 heavy (non-hydrogen) atoms. The van der Waals surface area contributed by atoms with Crippen LogP contribution in [0.5, 0.6) is 5.75 Å². The highest BCUT2D eigenvalue weighted by atomic mass is 16.5. The molecule has 0 N–H and O–H groups in total. The van der Waals surface area contributed by atoms with Gasteiger partial charge in [0.2, 0.25) is 0 Å². The second-order valence-electron chi connectivity index (χ2n) is 8.24. The van der Waals surface area contributed by atoms with Crippen molar-refractivity contribution in [2.75, 3.05) is 13.7 Å². The Bertz CT molecular complexity index is 833. The van der Waals surface area contributed by atoms with Crippen LogP contribution in [0.4, 0.5) is 0 Å². The van der Waals surface area contributed by atoms with E-state index in [2.05, 4.69) is 13.8 Å². The van der Waals surface area contributed by atoms with Crippen LogP contribution in [0.3, 0.4) is 0 Å². The molecule has 1 unspecified atom stereocenters. The lowest BCUT2D eigenvalue weighted by Gasteiger charge is -2.39. The largest absolute Gasteiger partial charge is 0.497 e. The van der Waals surface area contributed by atoms with Gasteiger partial charge in [0.1, 0.15) is 11.7 Å². The fourth-order valence-electron chi connectivity index (χ4n) is 4.33. The molecule has 0 radical (unpaired) electrons. The number of carbonyl (C=O) groups excluding carboxylic acids is 2. The third-order valence-corrected chi connectivity index (χ3v) is 5.56. The highest BCUT2D eigenvalue weighted by Gasteiger charge is 2.46. The molecule has 0 bridgehead atoms. The quantitative estimate of drug-likeness (QED) is 0.704. The van der Waals surface area contributed by atoms with Crippen LogP contribution in [-0.2, 0) is 14.3 Å². The summed E-state index contributed by atoms with van der Waals surface area (Å²) in [4.78, 5) is 30.9. The lowest BCUT2D eigenvalue weighted by Crippen LogP contribution is -2.40. The predicted molar refractivity (Wildman–Crippen MR) is 109 cm³/mol. The maximum Gasteiger partial charge on any atom is 0.315 e. The van der Waals surface area contributed by atoms with E-state index < -0.39 is 5.92 Å². The molecule has 0 amide bonds. The van der Waals surface area contributed by atoms with Gasteiger partial charge in [-0.1, -0.05) is 32.9 Å². The van der Waals surface area contributed by atoms with Gasteiger partial charge in [0.15, 0.2) is 5.78 Å². The van der Waals surface area contributed by atoms with Gasteiger partial charge in [-0.05, 0) is 42.9 Å². The van der Waals surface area contributed by atoms with Gasteiger partial charge in [0.05, 0.1) is 13.7 Å². The van der Waals surface area contributed by atoms with E-state index in [9.17, 15) is 9.59 Å². The molecule has 0 aromatic heterocycles. The Balaban J connectivity index is 2.17. The Kier molecular flexibility index (Phi) is 5.73. The van der Waals surface area contributed by atoms with Crippen LogP contribution in [-0.4, -0.2) is 31.2 Å². The molecule has 1 aromatic rings. The number of hydrogen-bond donors (Lipinski definition) is 0. The van der Waals surface area contributed by atoms with Gasteiger partial charge in [-0.3, -0.25) is 14.6 Å². The number of benzene rings is 1. The summed E-state index contributed by atoms with van der Waals surface area (Å²) in [5.41, 5.74) is 3.10. The van der Waals surface area contributed by atoms with E-state index in [1.807, 2.05) is 31.2 Å². The first-order valence-corrected chi connectivity index (χ1v) is 9.95. The van der Waals surface area contributed by atoms with Crippen molar-refractivity contribution in [3.63, 3.8) is 0 Å². The van der Waals surface area contributed by atoms with Crippen LogP contribution < -0.4 is 4.74 Å². The van der Waals surface area contributed by atoms with Crippen LogP contribution >= 0.6 is 0 Å². The molecule has 0 spiro atoms. The van der Waals surface area contributed by atoms with Gasteiger partial charge in [-0.15, -0.1) is 0 Å². The zero-order valence-electron chi connectivity index (χ0n) is 17.4. The van der Waals surface area contributed by atoms with Gasteiger partial charge >= 0.3 is 5.97 Å². The lowest BCUT2D eigenvalue weighted by atomic mass is 9.66. The number of ketones is 1. The number of aliphatic imine (C=N–C) groups is 1. The van der Waals surface area contributed by atoms with Crippen molar-refractivity contribution in [3.8, 4) is 5.75 Å². The third-order valence-electron chi connectivity index (χ3n) is 5.56. The van der Waals surface area contributed by atoms with Gasteiger partial charge in [-0.2, -0.15) is 0 Å². The SMILES string of the molecule is CCOC(=O)C1C(CC)=NC2=C(C(=O)CC(C)(C)C2)[C@H]1c1ccc(OC)cc1. The molecule has 1 heterocycles. The summed E-state index contributed by atoms with van der Waals surface area (Å²) in [6, 6.07) is 7.61. The number of allylic oxidation sites excluding steroid dienone is 2. The molecule has 5 heteroatoms. The van der Waals surface area contributed by atoms with Crippen molar-refractivity contribution in [2.24, 2.45) is 16.3 Å². The van der Waals surface area contributed by atoms with E-state index in [1.54, 1.807) is 14.0 Å². The first kappa shape index (κ1) is 20.3. The summed E-state index contributed by atoms with van der Waals surface area (Å²) >= 11 is 0. The molecule has 0 saturated carbocycles. The van der Waals surface area contributed by atoms with E-state index in [0.717, 1.165) is 29.1 Å². The highest BCUT2D eigenvalue weighted by molar-refractivity contribution is 6.09. The van der Waals surface area contributed by atoms with E-state index in [4.69, 9.17) is 14.5 Å². The minimum absolute atomic E-state index is 0.0836. The topological polar surface area (TPSA) is 65.0 Å². The molecule has 5 nitrogen and oxygen atoms in total. The molecule has 0 fully saturated rings. The number of Topliss-reactive ketones (excluding diaryl/α,β-unsaturated/α-hetero) is 1. The second kappa shape index (κ2) is 7.90. The van der Waals surface area contributed by atoms with Crippen molar-refractivity contribution < 1.29 is 19.1 Å². The van der Waals surface area contributed by atoms with Crippen LogP contribution in [0.25, 0.3) is 0 Å². The number of carbonyl (C=O) groups is 2. The molecule has 3 rings (SSSR count). The highest BCUT2D eigenvalue weighted by Crippen LogP contribution is 2.48. The number of methoxy groups -OCH3 is 1. The predicted octanol–water partition coefficient (Wildman–Crippen LogP) is 4.47. The number of hydrogen-bond acceptors (Lipinski definition) is 5. The standard InChI is InChI=1S/C23H29NO4/c1-6-16-21(22(26)28-7-2)19(14-8-10-15(27-5)11-9-14)20-17(24-16)12-23(3,4)13-18(20)25/h8-11,19,21H,6-7,12-13H2,1-5H3/t19-,21?/m1/s1. The maximum absolute atomic E-state index is 13.2. The first-order valence-electron chi connectivity index (χ1n) is 9.95. The minimum atomic E-state index is -0.567. The van der Waals surface area contributed by atoms with Gasteiger partial charge in [-0.25, -0.2) is 0 Å². The summed E-state index contributed by atoms with van der Waals surface area (Å²) in [5.74, 6) is -0.423. The van der Waals surface area contributed by atoms with Crippen LogP contribution in [0.15, 0.2) is 40.5 Å². The average Bonchev–Trinajstić information content (AvgIpc) is 2.65. The molecule has 0 saturated heterocycles. The lowest BCUT2D eigenvalue weighted by molar-refractivity contribution is -0.146. The van der Waals surface area contributed by atoms with Crippen LogP contribution in [0, 0.1) is 11.3 Å². The number of nitrogens with zero attached hydrogens (tertiary/aromatic N) is 1. The van der Waals surface area contributed by atoms with Crippen molar-refractivity contribution >= 4 is 17.5 Å². The fourth-order valence-corrected chi connectivity index (χ4v) is 4.33. The Morgan fingerprint density at radius 3 is 2.43 bits per heavy atom. The van der Waals surface area contributed by atoms with Crippen molar-refractivity contribution in [2.45, 2.75) is 52.9 Å². The molecule has 1 aliphatic carbocycles. The van der Waals surface area contributed by atoms with Crippen molar-refractivity contribution in [1.82, 2.24) is 0 Å². The van der Waals surface area contributed by atoms with E-state index >= 15 is 0 Å². The first-order chi connectivity index (χ1) is 13.3. The second-order valence-corrected chi connectivity index (χ2v) is 8.24. The Morgan fingerprint density at radius 1 is 1.18 bits per heavy atom. The smallest absolute Gasteiger partial charge is 0.315 e. The average molecular weight is 383 g/mol. The molecular formula is C23H29NO4. The Hall–Kier alpha value is -2.43. The Labute approximate surface area is 166 Å². The molecule has 1 aliphatic heterocycles. The fraction of sp³-hybridized carbons (Fsp3) is 0.522. The summed E-state index contributed by atoms with van der Waals surface area (Å²) in [5, 5.41) is 0. The van der Waals surface area contributed by atoms with Gasteiger partial charge in [0.25, 0.3) is 0 Å². The third kappa shape index (κ3) is 3.75. The summed E-state index contributed by atoms with van der Waals surface area (Å²) in [6.07, 6.45) is 1.84. The number of ether oxygens (including phenoxy) is 2. The van der Waals surface area contributed by atoms with Crippen molar-refractivity contribution in [3.05, 3.63) is 41.1 Å². The number of esters is 1. The minimum Gasteiger partial charge on any atom is -0.497 e. The number of rotatable bonds is 5. The van der Waals surface area contributed by atoms with Crippen molar-refractivity contribution in [1.29, 1.82) is 0 Å². The molecule has 2 aliphatic rings. The maximum atomic E-state index is 13.2. The molecule has 1 aromatic carbocycles. The van der Waals surface area contributed by atoms with Crippen LogP contribution in [0.1, 0.15) is 58.4 Å². The van der Waals surface area contributed by atoms with E-state index in [0.29, 0.717) is 25.0 Å². The summed E-state index contributed by atoms with van der Waals surface area (Å²) in [6.45, 7) is 8.28. The van der Waals surface area contributed by atoms with Gasteiger partial charge < -0.3 is 9.47 Å². The zero-order valence-corrected chi connectivity index (χ0v) is 17.4. The van der Waals surface area contributed by atoms with Gasteiger partial charge in [0, 0.05) is 29.3 Å². The van der Waals surface area contributed by atoms with E-state index in [-0.39, 0.29) is 23.1 Å². The Morgan fingerprint density at radius 2 is 1.86 bits per heavy atom. The van der Waals surface area contributed by atoms with Crippen LogP contribution in [0.2, 0.25) is 0 Å². The summed E-state index contributed by atoms with van der Waals surface area (Å²) < 4.78 is 10.7. The zero-order chi connectivity index (χ0) is 20.5. The molecule has 150 valence electrons. The normalized spacial score (nSPS) is 23.8. The monoisotopic (exact) mass is 383 g/mol. The summed E-state index contributed by atoms with van der Waals surface area (Å²) in [7, 11) is 1.62. The molecular weight excluding hydrogens is 354 g/mol.